The van der Waals surface area contributed by atoms with Crippen molar-refractivity contribution in [1.82, 2.24) is 14.9 Å². The molecule has 4 heterocycles. The first-order chi connectivity index (χ1) is 20.5. The number of halogens is 1. The second-order valence-electron chi connectivity index (χ2n) is 12.2. The zero-order valence-electron chi connectivity index (χ0n) is 24.6. The molecule has 1 spiro atoms. The Hall–Kier alpha value is -4.09. The summed E-state index contributed by atoms with van der Waals surface area (Å²) in [6.45, 7) is 3.26. The standard InChI is InChI=1S/C32H33FN6O3S/c1-19-6-8-22(9-7-19)43(41,42)36-27-12-20(15-35-30(27)39-17-21(18-39)37(2)3)23-13-24-26(14-25(23)33)34-16-28-29(24)32(10-5-11-32)31(40)38(28)4/h6-9,12-16,21,36H,5,10-11,17-18H2,1-4H3. The number of carbonyl (C=O) groups is 1. The Morgan fingerprint density at radius 3 is 2.42 bits per heavy atom. The summed E-state index contributed by atoms with van der Waals surface area (Å²) in [5.41, 5.74) is 3.45. The number of fused-ring (bicyclic) bond motifs is 4. The molecule has 0 bridgehead atoms. The lowest BCUT2D eigenvalue weighted by Gasteiger charge is -2.44. The number of sulfonamides is 1. The average Bonchev–Trinajstić information content (AvgIpc) is 3.15. The maximum Gasteiger partial charge on any atom is 0.262 e. The van der Waals surface area contributed by atoms with Gasteiger partial charge in [0.05, 0.1) is 33.4 Å². The van der Waals surface area contributed by atoms with Crippen molar-refractivity contribution < 1.29 is 17.6 Å². The highest BCUT2D eigenvalue weighted by molar-refractivity contribution is 7.92. The maximum atomic E-state index is 15.7. The Bertz CT molecular complexity index is 1900. The predicted molar refractivity (Wildman–Crippen MR) is 166 cm³/mol. The third kappa shape index (κ3) is 4.28. The van der Waals surface area contributed by atoms with Crippen molar-refractivity contribution in [2.45, 2.75) is 42.5 Å². The van der Waals surface area contributed by atoms with Crippen LogP contribution < -0.4 is 14.5 Å². The Balaban J connectivity index is 1.35. The van der Waals surface area contributed by atoms with Crippen LogP contribution in [0.25, 0.3) is 22.0 Å². The van der Waals surface area contributed by atoms with Crippen LogP contribution in [0, 0.1) is 12.7 Å². The van der Waals surface area contributed by atoms with E-state index in [0.29, 0.717) is 36.0 Å². The molecule has 2 aromatic heterocycles. The third-order valence-corrected chi connectivity index (χ3v) is 10.7. The lowest BCUT2D eigenvalue weighted by molar-refractivity contribution is -0.125. The van der Waals surface area contributed by atoms with E-state index < -0.39 is 21.3 Å². The molecule has 9 nitrogen and oxygen atoms in total. The second-order valence-corrected chi connectivity index (χ2v) is 13.9. The Morgan fingerprint density at radius 1 is 1.05 bits per heavy atom. The molecule has 2 fully saturated rings. The molecular weight excluding hydrogens is 567 g/mol. The van der Waals surface area contributed by atoms with Crippen LogP contribution in [0.3, 0.4) is 0 Å². The van der Waals surface area contributed by atoms with Crippen molar-refractivity contribution in [2.24, 2.45) is 0 Å². The lowest BCUT2D eigenvalue weighted by atomic mass is 9.64. The number of anilines is 3. The Morgan fingerprint density at radius 2 is 1.77 bits per heavy atom. The molecule has 2 aromatic carbocycles. The molecule has 1 amide bonds. The summed E-state index contributed by atoms with van der Waals surface area (Å²) in [6.07, 6.45) is 5.70. The van der Waals surface area contributed by atoms with Crippen molar-refractivity contribution in [2.75, 3.05) is 48.8 Å². The van der Waals surface area contributed by atoms with Gasteiger partial charge in [-0.2, -0.15) is 0 Å². The van der Waals surface area contributed by atoms with Gasteiger partial charge in [-0.25, -0.2) is 17.8 Å². The molecule has 1 saturated heterocycles. The minimum absolute atomic E-state index is 0.0540. The van der Waals surface area contributed by atoms with Crippen LogP contribution in [0.4, 0.5) is 21.6 Å². The topological polar surface area (TPSA) is 98.7 Å². The number of hydrogen-bond acceptors (Lipinski definition) is 7. The zero-order chi connectivity index (χ0) is 30.3. The summed E-state index contributed by atoms with van der Waals surface area (Å²) in [7, 11) is 1.83. The van der Waals surface area contributed by atoms with Crippen molar-refractivity contribution >= 4 is 44.0 Å². The average molecular weight is 601 g/mol. The summed E-state index contributed by atoms with van der Waals surface area (Å²) in [5, 5.41) is 0.730. The molecule has 7 rings (SSSR count). The van der Waals surface area contributed by atoms with Crippen LogP contribution >= 0.6 is 0 Å². The number of carbonyl (C=O) groups excluding carboxylic acids is 1. The number of benzene rings is 2. The van der Waals surface area contributed by atoms with E-state index in [4.69, 9.17) is 0 Å². The van der Waals surface area contributed by atoms with Gasteiger partial charge in [0.25, 0.3) is 10.0 Å². The summed E-state index contributed by atoms with van der Waals surface area (Å²) in [5.74, 6) is 0.0408. The van der Waals surface area contributed by atoms with E-state index in [-0.39, 0.29) is 22.1 Å². The van der Waals surface area contributed by atoms with Crippen molar-refractivity contribution in [3.8, 4) is 11.1 Å². The summed E-state index contributed by atoms with van der Waals surface area (Å²) in [6, 6.07) is 11.7. The SMILES string of the molecule is Cc1ccc(S(=O)(=O)Nc2cc(-c3cc4c5c(cnc4cc3F)N(C)C(=O)C53CCC3)cnc2N2CC(N(C)C)C2)cc1. The summed E-state index contributed by atoms with van der Waals surface area (Å²) in [4.78, 5) is 28.4. The van der Waals surface area contributed by atoms with E-state index >= 15 is 4.39 Å². The molecule has 43 heavy (non-hydrogen) atoms. The van der Waals surface area contributed by atoms with Crippen LogP contribution in [0.15, 0.2) is 59.8 Å². The van der Waals surface area contributed by atoms with Crippen LogP contribution in [-0.4, -0.2) is 69.5 Å². The molecule has 1 saturated carbocycles. The Kier molecular flexibility index (Phi) is 6.26. The highest BCUT2D eigenvalue weighted by Crippen LogP contribution is 2.55. The molecule has 4 aromatic rings. The molecular formula is C32H33FN6O3S. The van der Waals surface area contributed by atoms with Crippen molar-refractivity contribution in [3.05, 3.63) is 71.8 Å². The van der Waals surface area contributed by atoms with Gasteiger partial charge in [0, 0.05) is 60.5 Å². The normalized spacial score (nSPS) is 17.9. The fraction of sp³-hybridized carbons (Fsp3) is 0.344. The molecule has 0 atom stereocenters. The van der Waals surface area contributed by atoms with E-state index in [1.165, 1.54) is 6.07 Å². The molecule has 3 aliphatic rings. The largest absolute Gasteiger partial charge is 0.352 e. The van der Waals surface area contributed by atoms with Gasteiger partial charge in [0.1, 0.15) is 5.82 Å². The highest BCUT2D eigenvalue weighted by Gasteiger charge is 2.54. The number of nitrogens with zero attached hydrogens (tertiary/aromatic N) is 5. The molecule has 0 unspecified atom stereocenters. The zero-order valence-corrected chi connectivity index (χ0v) is 25.4. The van der Waals surface area contributed by atoms with Gasteiger partial charge in [-0.3, -0.25) is 14.5 Å². The van der Waals surface area contributed by atoms with Crippen LogP contribution in [0.2, 0.25) is 0 Å². The van der Waals surface area contributed by atoms with E-state index in [2.05, 4.69) is 19.6 Å². The fourth-order valence-electron chi connectivity index (χ4n) is 6.52. The first-order valence-electron chi connectivity index (χ1n) is 14.4. The molecule has 1 N–H and O–H groups in total. The number of pyridine rings is 2. The molecule has 0 radical (unpaired) electrons. The number of nitrogens with one attached hydrogen (secondary N) is 1. The van der Waals surface area contributed by atoms with Gasteiger partial charge >= 0.3 is 0 Å². The molecule has 2 aliphatic heterocycles. The first kappa shape index (κ1) is 27.7. The van der Waals surface area contributed by atoms with Crippen LogP contribution in [-0.2, 0) is 20.2 Å². The Labute approximate surface area is 250 Å². The fourth-order valence-corrected chi connectivity index (χ4v) is 7.57. The number of likely N-dealkylation sites (N-methyl/N-ethyl adjacent to an activating group) is 2. The van der Waals surface area contributed by atoms with Gasteiger partial charge in [0.2, 0.25) is 5.91 Å². The third-order valence-electron chi connectivity index (χ3n) is 9.34. The van der Waals surface area contributed by atoms with Gasteiger partial charge < -0.3 is 14.7 Å². The van der Waals surface area contributed by atoms with Gasteiger partial charge in [-0.15, -0.1) is 0 Å². The van der Waals surface area contributed by atoms with Crippen LogP contribution in [0.5, 0.6) is 0 Å². The number of aromatic nitrogens is 2. The smallest absolute Gasteiger partial charge is 0.262 e. The maximum absolute atomic E-state index is 15.7. The monoisotopic (exact) mass is 600 g/mol. The number of hydrogen-bond donors (Lipinski definition) is 1. The van der Waals surface area contributed by atoms with Crippen molar-refractivity contribution in [1.29, 1.82) is 0 Å². The van der Waals surface area contributed by atoms with Gasteiger partial charge in [0.15, 0.2) is 5.82 Å². The molecule has 1 aliphatic carbocycles. The summed E-state index contributed by atoms with van der Waals surface area (Å²) >= 11 is 0. The summed E-state index contributed by atoms with van der Waals surface area (Å²) < 4.78 is 45.4. The van der Waals surface area contributed by atoms with E-state index in [9.17, 15) is 13.2 Å². The van der Waals surface area contributed by atoms with Crippen LogP contribution in [0.1, 0.15) is 30.4 Å². The minimum Gasteiger partial charge on any atom is -0.352 e. The molecule has 11 heteroatoms. The minimum atomic E-state index is -3.95. The lowest BCUT2D eigenvalue weighted by Crippen LogP contribution is -2.57. The quantitative estimate of drug-likeness (QED) is 0.343. The van der Waals surface area contributed by atoms with E-state index in [1.807, 2.05) is 25.9 Å². The molecule has 222 valence electrons. The predicted octanol–water partition coefficient (Wildman–Crippen LogP) is 4.69. The second kappa shape index (κ2) is 9.72. The van der Waals surface area contributed by atoms with E-state index in [0.717, 1.165) is 41.5 Å². The van der Waals surface area contributed by atoms with Crippen molar-refractivity contribution in [3.63, 3.8) is 0 Å². The van der Waals surface area contributed by atoms with E-state index in [1.54, 1.807) is 60.7 Å². The number of aryl methyl sites for hydroxylation is 1. The van der Waals surface area contributed by atoms with Gasteiger partial charge in [-0.1, -0.05) is 24.1 Å². The number of amides is 1. The first-order valence-corrected chi connectivity index (χ1v) is 15.9. The highest BCUT2D eigenvalue weighted by atomic mass is 32.2. The number of rotatable bonds is 6. The van der Waals surface area contributed by atoms with Gasteiger partial charge in [-0.05, 0) is 58.1 Å².